The van der Waals surface area contributed by atoms with E-state index in [2.05, 4.69) is 15.0 Å². The van der Waals surface area contributed by atoms with Crippen molar-refractivity contribution in [3.8, 4) is 0 Å². The Morgan fingerprint density at radius 2 is 2.32 bits per heavy atom. The number of carbonyl (C=O) groups is 1. The number of thiazole rings is 1. The van der Waals surface area contributed by atoms with Crippen LogP contribution in [0.25, 0.3) is 0 Å². The van der Waals surface area contributed by atoms with Crippen LogP contribution in [0.15, 0.2) is 18.6 Å². The van der Waals surface area contributed by atoms with Crippen LogP contribution in [0.1, 0.15) is 40.0 Å². The molecule has 1 amide bonds. The van der Waals surface area contributed by atoms with E-state index in [1.165, 1.54) is 0 Å². The number of hydrogen-bond donors (Lipinski definition) is 0. The molecule has 0 bridgehead atoms. The molecule has 3 heterocycles. The lowest BCUT2D eigenvalue weighted by Gasteiger charge is -2.32. The third-order valence-electron chi connectivity index (χ3n) is 4.11. The van der Waals surface area contributed by atoms with E-state index in [9.17, 15) is 4.79 Å². The van der Waals surface area contributed by atoms with Crippen molar-refractivity contribution in [1.82, 2.24) is 19.9 Å². The molecule has 116 valence electrons. The average Bonchev–Trinajstić information content (AvgIpc) is 2.86. The first kappa shape index (κ1) is 15.1. The Kier molecular flexibility index (Phi) is 4.47. The minimum Gasteiger partial charge on any atom is -0.342 e. The highest BCUT2D eigenvalue weighted by Crippen LogP contribution is 2.26. The third-order valence-corrected chi connectivity index (χ3v) is 5.18. The quantitative estimate of drug-likeness (QED) is 0.873. The van der Waals surface area contributed by atoms with E-state index in [0.717, 1.165) is 47.2 Å². The lowest BCUT2D eigenvalue weighted by molar-refractivity contribution is -0.131. The molecule has 5 nitrogen and oxygen atoms in total. The monoisotopic (exact) mass is 316 g/mol. The molecular weight excluding hydrogens is 296 g/mol. The van der Waals surface area contributed by atoms with Crippen LogP contribution in [0.4, 0.5) is 0 Å². The summed E-state index contributed by atoms with van der Waals surface area (Å²) >= 11 is 1.62. The molecule has 1 aliphatic rings. The fraction of sp³-hybridized carbons (Fsp3) is 0.500. The van der Waals surface area contributed by atoms with Crippen molar-refractivity contribution in [1.29, 1.82) is 0 Å². The minimum atomic E-state index is 0.200. The molecule has 22 heavy (non-hydrogen) atoms. The van der Waals surface area contributed by atoms with Gasteiger partial charge >= 0.3 is 0 Å². The molecule has 2 aromatic rings. The van der Waals surface area contributed by atoms with Crippen LogP contribution < -0.4 is 0 Å². The van der Waals surface area contributed by atoms with Crippen LogP contribution in [0.5, 0.6) is 0 Å². The van der Waals surface area contributed by atoms with Gasteiger partial charge in [-0.2, -0.15) is 0 Å². The Balaban J connectivity index is 1.67. The molecule has 6 heteroatoms. The van der Waals surface area contributed by atoms with Crippen LogP contribution >= 0.6 is 11.3 Å². The van der Waals surface area contributed by atoms with E-state index in [1.54, 1.807) is 23.9 Å². The number of aryl methyl sites for hydroxylation is 2. The summed E-state index contributed by atoms with van der Waals surface area (Å²) in [7, 11) is 0. The van der Waals surface area contributed by atoms with Crippen LogP contribution in [-0.2, 0) is 11.2 Å². The summed E-state index contributed by atoms with van der Waals surface area (Å²) in [6.07, 6.45) is 5.93. The van der Waals surface area contributed by atoms with E-state index < -0.39 is 0 Å². The predicted molar refractivity (Wildman–Crippen MR) is 85.9 cm³/mol. The van der Waals surface area contributed by atoms with Crippen molar-refractivity contribution < 1.29 is 4.79 Å². The van der Waals surface area contributed by atoms with Crippen molar-refractivity contribution in [2.24, 2.45) is 0 Å². The smallest absolute Gasteiger partial charge is 0.227 e. The zero-order valence-corrected chi connectivity index (χ0v) is 13.8. The van der Waals surface area contributed by atoms with E-state index >= 15 is 0 Å². The average molecular weight is 316 g/mol. The van der Waals surface area contributed by atoms with Gasteiger partial charge in [0.2, 0.25) is 5.91 Å². The van der Waals surface area contributed by atoms with Gasteiger partial charge < -0.3 is 4.90 Å². The first-order chi connectivity index (χ1) is 10.6. The van der Waals surface area contributed by atoms with Crippen molar-refractivity contribution >= 4 is 17.2 Å². The Morgan fingerprint density at radius 1 is 1.45 bits per heavy atom. The molecule has 1 unspecified atom stereocenters. The summed E-state index contributed by atoms with van der Waals surface area (Å²) in [5.74, 6) is 0.524. The largest absolute Gasteiger partial charge is 0.342 e. The molecule has 0 spiro atoms. The zero-order chi connectivity index (χ0) is 15.5. The van der Waals surface area contributed by atoms with Crippen LogP contribution in [0.3, 0.4) is 0 Å². The first-order valence-electron chi connectivity index (χ1n) is 7.60. The van der Waals surface area contributed by atoms with Crippen molar-refractivity contribution in [3.05, 3.63) is 39.9 Å². The maximum absolute atomic E-state index is 12.6. The molecule has 0 saturated carbocycles. The number of likely N-dealkylation sites (tertiary alicyclic amines) is 1. The van der Waals surface area contributed by atoms with Gasteiger partial charge in [0.05, 0.1) is 17.1 Å². The Morgan fingerprint density at radius 3 is 3.00 bits per heavy atom. The van der Waals surface area contributed by atoms with Gasteiger partial charge in [0.15, 0.2) is 0 Å². The van der Waals surface area contributed by atoms with Crippen molar-refractivity contribution in [3.63, 3.8) is 0 Å². The summed E-state index contributed by atoms with van der Waals surface area (Å²) in [6, 6.07) is 1.95. The Labute approximate surface area is 134 Å². The van der Waals surface area contributed by atoms with E-state index in [4.69, 9.17) is 0 Å². The number of nitrogens with zero attached hydrogens (tertiary/aromatic N) is 4. The van der Waals surface area contributed by atoms with Gasteiger partial charge in [-0.1, -0.05) is 0 Å². The first-order valence-corrected chi connectivity index (χ1v) is 8.41. The Hall–Kier alpha value is -1.82. The molecule has 0 radical (unpaired) electrons. The topological polar surface area (TPSA) is 59.0 Å². The molecule has 1 saturated heterocycles. The highest BCUT2D eigenvalue weighted by atomic mass is 32.1. The van der Waals surface area contributed by atoms with Gasteiger partial charge in [0.25, 0.3) is 0 Å². The number of hydrogen-bond acceptors (Lipinski definition) is 5. The molecule has 0 aromatic carbocycles. The van der Waals surface area contributed by atoms with Gasteiger partial charge in [-0.05, 0) is 32.8 Å². The van der Waals surface area contributed by atoms with Gasteiger partial charge in [-0.15, -0.1) is 11.3 Å². The summed E-state index contributed by atoms with van der Waals surface area (Å²) in [4.78, 5) is 28.4. The number of piperidine rings is 1. The van der Waals surface area contributed by atoms with Gasteiger partial charge in [0.1, 0.15) is 6.33 Å². The van der Waals surface area contributed by atoms with Crippen molar-refractivity contribution in [2.45, 2.75) is 39.0 Å². The number of amides is 1. The number of rotatable bonds is 3. The highest BCUT2D eigenvalue weighted by molar-refractivity contribution is 7.11. The molecule has 0 N–H and O–H groups in total. The van der Waals surface area contributed by atoms with Crippen molar-refractivity contribution in [2.75, 3.05) is 13.1 Å². The van der Waals surface area contributed by atoms with E-state index in [0.29, 0.717) is 12.3 Å². The summed E-state index contributed by atoms with van der Waals surface area (Å²) in [6.45, 7) is 5.56. The third kappa shape index (κ3) is 3.32. The second kappa shape index (κ2) is 6.52. The second-order valence-corrected chi connectivity index (χ2v) is 7.02. The molecule has 1 aliphatic heterocycles. The standard InChI is InChI=1S/C16H20N4OS/c1-11-15(22-12(2)19-11)8-16(21)20-7-3-4-13(9-20)14-5-6-17-10-18-14/h5-6,10,13H,3-4,7-9H2,1-2H3. The second-order valence-electron chi connectivity index (χ2n) is 5.73. The lowest BCUT2D eigenvalue weighted by Crippen LogP contribution is -2.40. The summed E-state index contributed by atoms with van der Waals surface area (Å²) in [5.41, 5.74) is 2.03. The van der Waals surface area contributed by atoms with Crippen LogP contribution in [0.2, 0.25) is 0 Å². The number of aromatic nitrogens is 3. The summed E-state index contributed by atoms with van der Waals surface area (Å²) < 4.78 is 0. The van der Waals surface area contributed by atoms with Gasteiger partial charge in [-0.25, -0.2) is 15.0 Å². The van der Waals surface area contributed by atoms with Gasteiger partial charge in [0, 0.05) is 35.8 Å². The highest BCUT2D eigenvalue weighted by Gasteiger charge is 2.26. The van der Waals surface area contributed by atoms with E-state index in [-0.39, 0.29) is 5.91 Å². The molecule has 2 aromatic heterocycles. The SMILES string of the molecule is Cc1nc(C)c(CC(=O)N2CCCC(c3ccncn3)C2)s1. The lowest BCUT2D eigenvalue weighted by atomic mass is 9.94. The molecule has 3 rings (SSSR count). The fourth-order valence-electron chi connectivity index (χ4n) is 2.97. The number of carbonyl (C=O) groups excluding carboxylic acids is 1. The van der Waals surface area contributed by atoms with Gasteiger partial charge in [-0.3, -0.25) is 4.79 Å². The molecular formula is C16H20N4OS. The predicted octanol–water partition coefficient (Wildman–Crippen LogP) is 2.50. The van der Waals surface area contributed by atoms with Crippen LogP contribution in [-0.4, -0.2) is 38.8 Å². The molecule has 0 aliphatic carbocycles. The summed E-state index contributed by atoms with van der Waals surface area (Å²) in [5, 5.41) is 1.03. The van der Waals surface area contributed by atoms with Crippen LogP contribution in [0, 0.1) is 13.8 Å². The zero-order valence-electron chi connectivity index (χ0n) is 13.0. The normalized spacial score (nSPS) is 18.5. The maximum Gasteiger partial charge on any atom is 0.227 e. The molecule has 1 fully saturated rings. The Bertz CT molecular complexity index is 655. The minimum absolute atomic E-state index is 0.200. The molecule has 1 atom stereocenters. The fourth-order valence-corrected chi connectivity index (χ4v) is 3.90. The van der Waals surface area contributed by atoms with E-state index in [1.807, 2.05) is 24.8 Å². The maximum atomic E-state index is 12.6.